The molecule has 0 bridgehead atoms. The van der Waals surface area contributed by atoms with E-state index in [2.05, 4.69) is 60.0 Å². The molecule has 0 atom stereocenters. The molecule has 0 unspecified atom stereocenters. The first-order valence-corrected chi connectivity index (χ1v) is 6.05. The van der Waals surface area contributed by atoms with E-state index >= 15 is 0 Å². The van der Waals surface area contributed by atoms with Crippen molar-refractivity contribution in [2.24, 2.45) is 4.99 Å². The molecule has 0 fully saturated rings. The van der Waals surface area contributed by atoms with E-state index in [4.69, 9.17) is 0 Å². The molecule has 0 N–H and O–H groups in total. The van der Waals surface area contributed by atoms with E-state index in [1.165, 1.54) is 11.4 Å². The van der Waals surface area contributed by atoms with Gasteiger partial charge in [-0.1, -0.05) is 24.3 Å². The van der Waals surface area contributed by atoms with Gasteiger partial charge in [0, 0.05) is 12.2 Å². The fraction of sp³-hybridized carbons (Fsp3) is 0.267. The number of likely N-dealkylation sites (N-methyl/N-ethyl adjacent to an activating group) is 1. The first kappa shape index (κ1) is 11.6. The predicted molar refractivity (Wildman–Crippen MR) is 74.4 cm³/mol. The van der Waals surface area contributed by atoms with Crippen LogP contribution in [0.15, 0.2) is 58.9 Å². The van der Waals surface area contributed by atoms with Gasteiger partial charge >= 0.3 is 0 Å². The van der Waals surface area contributed by atoms with Crippen molar-refractivity contribution in [2.45, 2.75) is 19.8 Å². The van der Waals surface area contributed by atoms with Gasteiger partial charge in [-0.15, -0.1) is 0 Å². The zero-order valence-electron chi connectivity index (χ0n) is 10.3. The van der Waals surface area contributed by atoms with Crippen LogP contribution in [0.1, 0.15) is 19.8 Å². The van der Waals surface area contributed by atoms with Crippen LogP contribution in [-0.4, -0.2) is 13.3 Å². The Hall–Kier alpha value is -1.83. The quantitative estimate of drug-likeness (QED) is 0.713. The third-order valence-corrected chi connectivity index (χ3v) is 2.98. The summed E-state index contributed by atoms with van der Waals surface area (Å²) in [6, 6.07) is 10.4. The summed E-state index contributed by atoms with van der Waals surface area (Å²) in [7, 11) is 0. The Morgan fingerprint density at radius 2 is 2.06 bits per heavy atom. The molecule has 0 amide bonds. The van der Waals surface area contributed by atoms with Crippen LogP contribution in [0, 0.1) is 0 Å². The normalized spacial score (nSPS) is 14.9. The lowest BCUT2D eigenvalue weighted by atomic mass is 10.1. The Bertz CT molecular complexity index is 443. The van der Waals surface area contributed by atoms with E-state index in [-0.39, 0.29) is 0 Å². The Morgan fingerprint density at radius 3 is 2.71 bits per heavy atom. The summed E-state index contributed by atoms with van der Waals surface area (Å²) >= 11 is 0. The minimum atomic E-state index is 0.933. The molecule has 2 rings (SSSR count). The third-order valence-electron chi connectivity index (χ3n) is 2.98. The molecular weight excluding hydrogens is 208 g/mol. The highest BCUT2D eigenvalue weighted by Crippen LogP contribution is 2.27. The van der Waals surface area contributed by atoms with Gasteiger partial charge in [-0.2, -0.15) is 0 Å². The first-order chi connectivity index (χ1) is 8.36. The molecule has 17 heavy (non-hydrogen) atoms. The molecule has 1 aliphatic carbocycles. The average Bonchev–Trinajstić information content (AvgIpc) is 2.41. The van der Waals surface area contributed by atoms with Gasteiger partial charge in [0.25, 0.3) is 0 Å². The third kappa shape index (κ3) is 2.47. The summed E-state index contributed by atoms with van der Waals surface area (Å²) in [5.74, 6) is 0. The van der Waals surface area contributed by atoms with E-state index in [9.17, 15) is 0 Å². The second-order valence-corrected chi connectivity index (χ2v) is 4.01. The average molecular weight is 226 g/mol. The molecule has 0 aliphatic heterocycles. The standard InChI is InChI=1S/C15H18N2/c1-3-17(13-9-5-4-6-10-13)15-12-8-7-11-14(15)16-2/h4-6,8-10,12H,2-3,7,11H2,1H3. The maximum absolute atomic E-state index is 4.16. The molecule has 1 aliphatic rings. The molecule has 2 nitrogen and oxygen atoms in total. The maximum Gasteiger partial charge on any atom is 0.0635 e. The number of nitrogens with zero attached hydrogens (tertiary/aromatic N) is 2. The number of aliphatic imine (C=N–C) groups is 1. The number of allylic oxidation sites excluding steroid dienone is 3. The van der Waals surface area contributed by atoms with Gasteiger partial charge in [-0.3, -0.25) is 4.99 Å². The Kier molecular flexibility index (Phi) is 3.76. The van der Waals surface area contributed by atoms with Crippen molar-refractivity contribution in [3.8, 4) is 0 Å². The van der Waals surface area contributed by atoms with Crippen LogP contribution in [0.2, 0.25) is 0 Å². The first-order valence-electron chi connectivity index (χ1n) is 6.05. The lowest BCUT2D eigenvalue weighted by Crippen LogP contribution is -2.23. The van der Waals surface area contributed by atoms with Crippen molar-refractivity contribution in [3.63, 3.8) is 0 Å². The van der Waals surface area contributed by atoms with Crippen LogP contribution in [-0.2, 0) is 0 Å². The highest BCUT2D eigenvalue weighted by Gasteiger charge is 2.14. The summed E-state index contributed by atoms with van der Waals surface area (Å²) in [6.45, 7) is 6.77. The van der Waals surface area contributed by atoms with Crippen LogP contribution in [0.5, 0.6) is 0 Å². The fourth-order valence-corrected chi connectivity index (χ4v) is 2.15. The Labute approximate surface area is 103 Å². The minimum Gasteiger partial charge on any atom is -0.340 e. The summed E-state index contributed by atoms with van der Waals surface area (Å²) in [5, 5.41) is 0. The molecule has 0 spiro atoms. The van der Waals surface area contributed by atoms with E-state index < -0.39 is 0 Å². The van der Waals surface area contributed by atoms with Gasteiger partial charge in [0.2, 0.25) is 0 Å². The smallest absolute Gasteiger partial charge is 0.0635 e. The molecular formula is C15H18N2. The van der Waals surface area contributed by atoms with Crippen molar-refractivity contribution >= 4 is 12.4 Å². The topological polar surface area (TPSA) is 15.6 Å². The molecule has 88 valence electrons. The summed E-state index contributed by atoms with van der Waals surface area (Å²) < 4.78 is 0. The molecule has 1 aromatic carbocycles. The van der Waals surface area contributed by atoms with Crippen LogP contribution >= 0.6 is 0 Å². The Balaban J connectivity index is 2.39. The van der Waals surface area contributed by atoms with Crippen LogP contribution in [0.4, 0.5) is 5.69 Å². The number of hydrogen-bond donors (Lipinski definition) is 0. The number of hydrogen-bond acceptors (Lipinski definition) is 2. The summed E-state index contributed by atoms with van der Waals surface area (Å²) in [4.78, 5) is 6.44. The highest BCUT2D eigenvalue weighted by atomic mass is 15.1. The van der Waals surface area contributed by atoms with Gasteiger partial charge in [-0.25, -0.2) is 0 Å². The minimum absolute atomic E-state index is 0.933. The Morgan fingerprint density at radius 1 is 1.29 bits per heavy atom. The number of anilines is 1. The summed E-state index contributed by atoms with van der Waals surface area (Å²) in [6.07, 6.45) is 6.41. The van der Waals surface area contributed by atoms with Gasteiger partial charge < -0.3 is 4.90 Å². The van der Waals surface area contributed by atoms with Crippen molar-refractivity contribution < 1.29 is 0 Å². The lowest BCUT2D eigenvalue weighted by molar-refractivity contribution is 0.871. The van der Waals surface area contributed by atoms with Crippen molar-refractivity contribution in [3.05, 3.63) is 53.9 Å². The largest absolute Gasteiger partial charge is 0.340 e. The van der Waals surface area contributed by atoms with Crippen LogP contribution in [0.3, 0.4) is 0 Å². The van der Waals surface area contributed by atoms with Crippen molar-refractivity contribution in [2.75, 3.05) is 11.4 Å². The van der Waals surface area contributed by atoms with Gasteiger partial charge in [-0.05, 0) is 44.7 Å². The molecule has 0 aromatic heterocycles. The number of para-hydroxylation sites is 1. The molecule has 0 heterocycles. The van der Waals surface area contributed by atoms with Crippen molar-refractivity contribution in [1.82, 2.24) is 0 Å². The van der Waals surface area contributed by atoms with Gasteiger partial charge in [0.1, 0.15) is 0 Å². The second kappa shape index (κ2) is 5.48. The van der Waals surface area contributed by atoms with E-state index in [1.54, 1.807) is 0 Å². The maximum atomic E-state index is 4.16. The zero-order valence-corrected chi connectivity index (χ0v) is 10.3. The van der Waals surface area contributed by atoms with Gasteiger partial charge in [0.15, 0.2) is 0 Å². The number of rotatable bonds is 4. The molecule has 0 radical (unpaired) electrons. The van der Waals surface area contributed by atoms with Crippen molar-refractivity contribution in [1.29, 1.82) is 0 Å². The van der Waals surface area contributed by atoms with Crippen LogP contribution in [0.25, 0.3) is 0 Å². The summed E-state index contributed by atoms with van der Waals surface area (Å²) in [5.41, 5.74) is 3.48. The highest BCUT2D eigenvalue weighted by molar-refractivity contribution is 5.56. The monoisotopic (exact) mass is 226 g/mol. The van der Waals surface area contributed by atoms with E-state index in [0.29, 0.717) is 0 Å². The van der Waals surface area contributed by atoms with Crippen LogP contribution < -0.4 is 4.90 Å². The fourth-order valence-electron chi connectivity index (χ4n) is 2.15. The second-order valence-electron chi connectivity index (χ2n) is 4.01. The zero-order chi connectivity index (χ0) is 12.1. The predicted octanol–water partition coefficient (Wildman–Crippen LogP) is 3.78. The lowest BCUT2D eigenvalue weighted by Gasteiger charge is -2.27. The molecule has 0 saturated carbocycles. The SMILES string of the molecule is C=NC1=C(N(CC)c2ccccc2)C=CCC1. The van der Waals surface area contributed by atoms with E-state index in [1.807, 2.05) is 6.07 Å². The number of benzene rings is 1. The van der Waals surface area contributed by atoms with E-state index in [0.717, 1.165) is 25.1 Å². The molecule has 2 heteroatoms. The molecule has 1 aromatic rings. The van der Waals surface area contributed by atoms with Gasteiger partial charge in [0.05, 0.1) is 11.4 Å². The molecule has 0 saturated heterocycles.